The Morgan fingerprint density at radius 1 is 1.25 bits per heavy atom. The van der Waals surface area contributed by atoms with Crippen LogP contribution in [0.4, 0.5) is 0 Å². The molecular formula is H2CeMgMnZn. The second kappa shape index (κ2) is 16.3. The fourth-order valence-corrected chi connectivity index (χ4v) is 0. The van der Waals surface area contributed by atoms with Gasteiger partial charge >= 0.3 is 23.1 Å². The first-order valence-electron chi connectivity index (χ1n) is 0. The maximum atomic E-state index is 0. The van der Waals surface area contributed by atoms with Crippen molar-refractivity contribution in [2.24, 2.45) is 0 Å². The molecule has 1 radical (unpaired) electrons. The predicted octanol–water partition coefficient (Wildman–Crippen LogP) is -0.161. The molecule has 17 valence electrons. The fourth-order valence-electron chi connectivity index (χ4n) is 0. The smallest absolute Gasteiger partial charge is 1.00 e. The number of rotatable bonds is 0. The Kier molecular flexibility index (Phi) is 108. The van der Waals surface area contributed by atoms with Crippen molar-refractivity contribution in [1.29, 1.82) is 0 Å². The van der Waals surface area contributed by atoms with Crippen LogP contribution in [-0.2, 0) is 36.5 Å². The Balaban J connectivity index is 0. The topological polar surface area (TPSA) is 0 Å². The van der Waals surface area contributed by atoms with Gasteiger partial charge in [0.2, 0.25) is 0 Å². The predicted molar refractivity (Wildman–Crippen MR) is 7.98 cm³/mol. The summed E-state index contributed by atoms with van der Waals surface area (Å²) in [6.07, 6.45) is 0. The molecule has 0 aliphatic rings. The van der Waals surface area contributed by atoms with Gasteiger partial charge in [0.15, 0.2) is 0 Å². The summed E-state index contributed by atoms with van der Waals surface area (Å²) >= 11 is 0. The summed E-state index contributed by atoms with van der Waals surface area (Å²) in [5.41, 5.74) is 0. The van der Waals surface area contributed by atoms with Gasteiger partial charge < -0.3 is 2.85 Å². The van der Waals surface area contributed by atoms with E-state index in [-0.39, 0.29) is 104 Å². The molecule has 0 aliphatic carbocycles. The Bertz CT molecular complexity index is 13.5. The summed E-state index contributed by atoms with van der Waals surface area (Å²) < 4.78 is 0. The SMILES string of the molecule is [Ce].[H-].[H-].[Mg+2].[Mn].[Zn]. The Morgan fingerprint density at radius 3 is 1.25 bits per heavy atom. The number of hydrogen-bond donors (Lipinski definition) is 0. The molecule has 0 rings (SSSR count). The number of hydrogen-bond acceptors (Lipinski definition) is 0. The largest absolute Gasteiger partial charge is 2.00 e. The van der Waals surface area contributed by atoms with Crippen molar-refractivity contribution in [3.63, 3.8) is 0 Å². The summed E-state index contributed by atoms with van der Waals surface area (Å²) in [4.78, 5) is 0. The summed E-state index contributed by atoms with van der Waals surface area (Å²) in [6.45, 7) is 0. The molecule has 0 aromatic rings. The van der Waals surface area contributed by atoms with E-state index in [2.05, 4.69) is 0 Å². The minimum atomic E-state index is 0. The molecule has 0 bridgehead atoms. The van der Waals surface area contributed by atoms with E-state index in [0.717, 1.165) is 0 Å². The van der Waals surface area contributed by atoms with E-state index in [9.17, 15) is 0 Å². The van der Waals surface area contributed by atoms with Crippen LogP contribution in [0.2, 0.25) is 0 Å². The van der Waals surface area contributed by atoms with E-state index < -0.39 is 0 Å². The van der Waals surface area contributed by atoms with Crippen LogP contribution in [0.3, 0.4) is 0 Å². The Morgan fingerprint density at radius 2 is 1.25 bits per heavy atom. The zero-order chi connectivity index (χ0) is 0. The van der Waals surface area contributed by atoms with Crippen LogP contribution in [-0.4, -0.2) is 23.1 Å². The van der Waals surface area contributed by atoms with Crippen molar-refractivity contribution in [2.75, 3.05) is 0 Å². The zero-order valence-electron chi connectivity index (χ0n) is 4.29. The van der Waals surface area contributed by atoms with Crippen LogP contribution in [0, 0.1) is 41.7 Å². The molecule has 0 fully saturated rings. The van der Waals surface area contributed by atoms with E-state index in [4.69, 9.17) is 0 Å². The average Bonchev–Trinajstić information content (AvgIpc) is 0. The van der Waals surface area contributed by atoms with E-state index in [1.54, 1.807) is 0 Å². The molecule has 0 unspecified atom stereocenters. The van der Waals surface area contributed by atoms with Gasteiger partial charge in [-0.15, -0.1) is 0 Å². The quantitative estimate of drug-likeness (QED) is 0.543. The summed E-state index contributed by atoms with van der Waals surface area (Å²) in [5.74, 6) is 0. The molecule has 0 amide bonds. The van der Waals surface area contributed by atoms with Gasteiger partial charge in [-0.1, -0.05) is 0 Å². The van der Waals surface area contributed by atoms with Crippen molar-refractivity contribution in [3.05, 3.63) is 0 Å². The molecular weight excluding hydrogens is 285 g/mol. The van der Waals surface area contributed by atoms with Gasteiger partial charge in [-0.05, 0) is 0 Å². The van der Waals surface area contributed by atoms with Crippen molar-refractivity contribution >= 4 is 23.1 Å². The first kappa shape index (κ1) is 26.7. The van der Waals surface area contributed by atoms with Crippen LogP contribution in [0.5, 0.6) is 0 Å². The van der Waals surface area contributed by atoms with E-state index in [1.807, 2.05) is 0 Å². The molecule has 0 nitrogen and oxygen atoms in total. The van der Waals surface area contributed by atoms with Crippen LogP contribution in [0.15, 0.2) is 0 Å². The Labute approximate surface area is 102 Å². The Hall–Kier alpha value is 3.29. The second-order valence-corrected chi connectivity index (χ2v) is 0. The van der Waals surface area contributed by atoms with Crippen LogP contribution in [0.1, 0.15) is 2.85 Å². The van der Waals surface area contributed by atoms with Gasteiger partial charge in [-0.2, -0.15) is 0 Å². The fraction of sp³-hybridized carbons (Fsp3) is 0. The van der Waals surface area contributed by atoms with Crippen LogP contribution in [0.25, 0.3) is 0 Å². The summed E-state index contributed by atoms with van der Waals surface area (Å²) in [6, 6.07) is 0. The van der Waals surface area contributed by atoms with E-state index >= 15 is 0 Å². The van der Waals surface area contributed by atoms with Crippen LogP contribution < -0.4 is 0 Å². The second-order valence-electron chi connectivity index (χ2n) is 0. The van der Waals surface area contributed by atoms with Gasteiger partial charge in [0.1, 0.15) is 0 Å². The maximum Gasteiger partial charge on any atom is 2.00 e. The minimum Gasteiger partial charge on any atom is -1.00 e. The third-order valence-corrected chi connectivity index (χ3v) is 0. The molecule has 4 heteroatoms. The van der Waals surface area contributed by atoms with E-state index in [1.165, 1.54) is 0 Å². The maximum absolute atomic E-state index is 0. The van der Waals surface area contributed by atoms with E-state index in [0.29, 0.717) is 0 Å². The molecule has 0 aliphatic heterocycles. The van der Waals surface area contributed by atoms with Crippen molar-refractivity contribution in [1.82, 2.24) is 0 Å². The normalized spacial score (nSPS) is 0. The monoisotopic (exact) mass is 285 g/mol. The molecule has 0 atom stereocenters. The first-order chi connectivity index (χ1) is 0. The van der Waals surface area contributed by atoms with Crippen molar-refractivity contribution in [3.8, 4) is 0 Å². The minimum absolute atomic E-state index is 0. The molecule has 0 spiro atoms. The summed E-state index contributed by atoms with van der Waals surface area (Å²) in [7, 11) is 0. The first-order valence-corrected chi connectivity index (χ1v) is 0. The standard InChI is InChI=1S/Ce.Mg.Mn.Zn.2H/q;+2;;;2*-1. The zero-order valence-corrected chi connectivity index (χ0v) is 11.0. The molecule has 0 heterocycles. The van der Waals surface area contributed by atoms with Crippen molar-refractivity contribution < 1.29 is 81.1 Å². The van der Waals surface area contributed by atoms with Gasteiger partial charge in [0.25, 0.3) is 0 Å². The van der Waals surface area contributed by atoms with Crippen molar-refractivity contribution in [2.45, 2.75) is 0 Å². The molecule has 0 saturated carbocycles. The molecule has 0 aromatic heterocycles. The van der Waals surface area contributed by atoms with Gasteiger partial charge in [-0.3, -0.25) is 0 Å². The van der Waals surface area contributed by atoms with Crippen LogP contribution >= 0.6 is 0 Å². The molecule has 0 saturated heterocycles. The average molecular weight is 287 g/mol. The molecule has 0 aromatic carbocycles. The molecule has 0 N–H and O–H groups in total. The van der Waals surface area contributed by atoms with Gasteiger partial charge in [-0.25, -0.2) is 0 Å². The molecule has 4 heavy (non-hydrogen) atoms. The third kappa shape index (κ3) is 8.99. The van der Waals surface area contributed by atoms with Gasteiger partial charge in [0.05, 0.1) is 0 Å². The summed E-state index contributed by atoms with van der Waals surface area (Å²) in [5, 5.41) is 0. The third-order valence-electron chi connectivity index (χ3n) is 0. The van der Waals surface area contributed by atoms with Gasteiger partial charge in [0, 0.05) is 78.3 Å².